The van der Waals surface area contributed by atoms with Gasteiger partial charge >= 0.3 is 0 Å². The van der Waals surface area contributed by atoms with Gasteiger partial charge in [0.15, 0.2) is 34.9 Å². The Labute approximate surface area is 602 Å². The van der Waals surface area contributed by atoms with Gasteiger partial charge in [-0.05, 0) is 125 Å². The van der Waals surface area contributed by atoms with Crippen molar-refractivity contribution in [3.8, 4) is 113 Å². The molecule has 0 saturated carbocycles. The minimum Gasteiger partial charge on any atom is -0.218 e. The van der Waals surface area contributed by atoms with Crippen molar-refractivity contribution >= 4 is 19.7 Å². The minimum absolute atomic E-state index is 0.309. The van der Waals surface area contributed by atoms with Crippen LogP contribution in [0.2, 0.25) is 0 Å². The number of hydrogen-bond acceptors (Lipinski definition) is 10. The molecule has 4 aliphatic rings. The average molecular weight is 1380 g/mol. The Morgan fingerprint density at radius 3 is 0.750 bits per heavy atom. The molecule has 0 unspecified atom stereocenters. The normalized spacial score (nSPS) is 14.2. The number of sulfone groups is 2. The van der Waals surface area contributed by atoms with E-state index in [1.54, 1.807) is 24.3 Å². The molecule has 0 bridgehead atoms. The zero-order chi connectivity index (χ0) is 69.7. The van der Waals surface area contributed by atoms with Gasteiger partial charge in [0.05, 0.1) is 30.4 Å². The minimum atomic E-state index is -3.83. The lowest BCUT2D eigenvalue weighted by atomic mass is 9.63. The zero-order valence-corrected chi connectivity index (χ0v) is 57.3. The summed E-state index contributed by atoms with van der Waals surface area (Å²) in [5.41, 5.74) is 18.5. The molecule has 20 rings (SSSR count). The van der Waals surface area contributed by atoms with Crippen LogP contribution in [0, 0.1) is 0 Å². The van der Waals surface area contributed by atoms with Gasteiger partial charge in [0.1, 0.15) is 0 Å². The van der Waals surface area contributed by atoms with Crippen LogP contribution in [-0.4, -0.2) is 46.7 Å². The molecule has 2 aliphatic carbocycles. The molecule has 2 aliphatic heterocycles. The molecule has 0 radical (unpaired) electrons. The quantitative estimate of drug-likeness (QED) is 0.158. The smallest absolute Gasteiger partial charge is 0.207 e. The van der Waals surface area contributed by atoms with E-state index >= 15 is 0 Å². The molecular weight excluding hydrogens is 1320 g/mol. The summed E-state index contributed by atoms with van der Waals surface area (Å²) in [6, 6.07) is 116. The predicted molar refractivity (Wildman–Crippen MR) is 409 cm³/mol. The number of hydrogen-bond donors (Lipinski definition) is 0. The summed E-state index contributed by atoms with van der Waals surface area (Å²) in [4.78, 5) is 31.4. The van der Waals surface area contributed by atoms with Crippen molar-refractivity contribution in [1.82, 2.24) is 29.9 Å². The van der Waals surface area contributed by atoms with Crippen LogP contribution in [0.25, 0.3) is 113 Å². The molecule has 12 heteroatoms. The van der Waals surface area contributed by atoms with Gasteiger partial charge in [0.25, 0.3) is 0 Å². The summed E-state index contributed by atoms with van der Waals surface area (Å²) in [5, 5.41) is 0. The molecule has 14 aromatic carbocycles. The van der Waals surface area contributed by atoms with Gasteiger partial charge in [-0.15, -0.1) is 0 Å². The summed E-state index contributed by atoms with van der Waals surface area (Å²) >= 11 is 0. The fraction of sp³-hybridized carbons (Fsp3) is 0.0217. The maximum Gasteiger partial charge on any atom is 0.207 e. The molecular formula is C92H58N6O4S2. The van der Waals surface area contributed by atoms with Crippen LogP contribution < -0.4 is 0 Å². The average Bonchev–Trinajstić information content (AvgIpc) is 1.19. The van der Waals surface area contributed by atoms with Crippen LogP contribution in [0.5, 0.6) is 0 Å². The fourth-order valence-electron chi connectivity index (χ4n) is 16.4. The van der Waals surface area contributed by atoms with Crippen molar-refractivity contribution in [2.24, 2.45) is 0 Å². The van der Waals surface area contributed by atoms with Gasteiger partial charge in [0.2, 0.25) is 19.7 Å². The van der Waals surface area contributed by atoms with Crippen molar-refractivity contribution < 1.29 is 16.8 Å². The summed E-state index contributed by atoms with van der Waals surface area (Å²) in [6.07, 6.45) is 0. The van der Waals surface area contributed by atoms with Crippen molar-refractivity contribution in [3.63, 3.8) is 0 Å². The molecule has 0 atom stereocenters. The van der Waals surface area contributed by atoms with E-state index in [1.807, 2.05) is 194 Å². The monoisotopic (exact) mass is 1370 g/mol. The first-order chi connectivity index (χ1) is 51.1. The molecule has 4 heterocycles. The van der Waals surface area contributed by atoms with Crippen LogP contribution in [0.3, 0.4) is 0 Å². The van der Waals surface area contributed by atoms with E-state index in [0.717, 1.165) is 122 Å². The van der Waals surface area contributed by atoms with Gasteiger partial charge in [-0.1, -0.05) is 315 Å². The molecule has 10 nitrogen and oxygen atoms in total. The van der Waals surface area contributed by atoms with Crippen LogP contribution in [0.1, 0.15) is 44.5 Å². The van der Waals surface area contributed by atoms with E-state index in [1.165, 1.54) is 0 Å². The zero-order valence-electron chi connectivity index (χ0n) is 55.6. The van der Waals surface area contributed by atoms with Gasteiger partial charge < -0.3 is 0 Å². The predicted octanol–water partition coefficient (Wildman–Crippen LogP) is 20.1. The first-order valence-corrected chi connectivity index (χ1v) is 37.4. The number of nitrogens with zero attached hydrogens (tertiary/aromatic N) is 6. The molecule has 0 amide bonds. The Morgan fingerprint density at radius 1 is 0.173 bits per heavy atom. The van der Waals surface area contributed by atoms with Gasteiger partial charge in [0, 0.05) is 33.4 Å². The van der Waals surface area contributed by atoms with Crippen molar-refractivity contribution in [3.05, 3.63) is 396 Å². The van der Waals surface area contributed by atoms with Gasteiger partial charge in [-0.3, -0.25) is 0 Å². The maximum absolute atomic E-state index is 14.5. The molecule has 0 fully saturated rings. The second kappa shape index (κ2) is 24.4. The summed E-state index contributed by atoms with van der Waals surface area (Å²) in [6.45, 7) is 0. The molecule has 492 valence electrons. The number of rotatable bonds is 6. The van der Waals surface area contributed by atoms with E-state index in [-0.39, 0.29) is 0 Å². The van der Waals surface area contributed by atoms with Crippen molar-refractivity contribution in [1.29, 1.82) is 0 Å². The summed E-state index contributed by atoms with van der Waals surface area (Å²) in [7, 11) is -7.63. The third kappa shape index (κ3) is 9.52. The SMILES string of the molecule is O=S1(=O)c2ccccc2C2(c3ccccc3-c3ccccc3-c3cc(-c4nc(-c5ccccc5)nc(-c5ccccc5)n4)ccc32)c2ccccc21.O=S1(=O)c2ccccc2C2(c3ccccc3-c3ccccc3-c3ccc(-c4nc(-c5ccccc5)nc(-c5ccccc5)n4)cc32)c2ccccc21. The van der Waals surface area contributed by atoms with E-state index in [9.17, 15) is 16.8 Å². The third-order valence-electron chi connectivity index (χ3n) is 20.8. The second-order valence-electron chi connectivity index (χ2n) is 26.3. The lowest BCUT2D eigenvalue weighted by molar-refractivity contribution is 0.578. The summed E-state index contributed by atoms with van der Waals surface area (Å²) < 4.78 is 57.6. The van der Waals surface area contributed by atoms with E-state index in [2.05, 4.69) is 133 Å². The van der Waals surface area contributed by atoms with E-state index in [4.69, 9.17) is 29.9 Å². The lowest BCUT2D eigenvalue weighted by Gasteiger charge is -2.42. The molecule has 104 heavy (non-hydrogen) atoms. The fourth-order valence-corrected chi connectivity index (χ4v) is 19.9. The largest absolute Gasteiger partial charge is 0.218 e. The third-order valence-corrected chi connectivity index (χ3v) is 24.5. The Hall–Kier alpha value is -13.0. The molecule has 2 aromatic heterocycles. The maximum atomic E-state index is 14.5. The van der Waals surface area contributed by atoms with Crippen LogP contribution in [-0.2, 0) is 30.5 Å². The standard InChI is InChI=1S/2C46H29N3O2S/c50-52(51)41-25-13-11-23-39(41)46(40-24-12-14-26-42(40)52)37-22-10-9-21-35(37)33-19-7-8-20-34(33)36-29-32(27-28-38(36)46)45-48-43(30-15-3-1-4-16-30)47-44(49-45)31-17-5-2-6-18-31;50-52(51)41-25-13-11-23-38(41)46(39-24-12-14-26-42(39)52)37-22-10-9-21-35(37)33-19-7-8-20-34(33)36-28-27-32(29-40(36)46)45-48-43(30-15-3-1-4-16-30)47-44(49-45)31-17-5-2-6-18-31/h2*1-29H. The van der Waals surface area contributed by atoms with Crippen molar-refractivity contribution in [2.45, 2.75) is 30.4 Å². The molecule has 0 saturated heterocycles. The Kier molecular flexibility index (Phi) is 14.5. The Bertz CT molecular complexity index is 6180. The Balaban J connectivity index is 0.000000143. The highest BCUT2D eigenvalue weighted by atomic mass is 32.2. The Morgan fingerprint density at radius 2 is 0.404 bits per heavy atom. The van der Waals surface area contributed by atoms with Crippen LogP contribution in [0.4, 0.5) is 0 Å². The van der Waals surface area contributed by atoms with Crippen LogP contribution in [0.15, 0.2) is 371 Å². The number of aromatic nitrogens is 6. The van der Waals surface area contributed by atoms with Gasteiger partial charge in [-0.2, -0.15) is 0 Å². The number of fused-ring (bicyclic) bond motifs is 22. The first-order valence-electron chi connectivity index (χ1n) is 34.4. The highest BCUT2D eigenvalue weighted by Gasteiger charge is 2.54. The first kappa shape index (κ1) is 62.0. The molecule has 16 aromatic rings. The summed E-state index contributed by atoms with van der Waals surface area (Å²) in [5.74, 6) is 3.40. The van der Waals surface area contributed by atoms with Crippen molar-refractivity contribution in [2.75, 3.05) is 0 Å². The van der Waals surface area contributed by atoms with Crippen LogP contribution >= 0.6 is 0 Å². The second-order valence-corrected chi connectivity index (χ2v) is 30.0. The number of benzene rings is 14. The molecule has 0 N–H and O–H groups in total. The molecule has 2 spiro atoms. The topological polar surface area (TPSA) is 146 Å². The lowest BCUT2D eigenvalue weighted by Crippen LogP contribution is -2.38. The van der Waals surface area contributed by atoms with Gasteiger partial charge in [-0.25, -0.2) is 46.7 Å². The highest BCUT2D eigenvalue weighted by Crippen LogP contribution is 2.62. The van der Waals surface area contributed by atoms with E-state index < -0.39 is 30.5 Å². The highest BCUT2D eigenvalue weighted by molar-refractivity contribution is 7.92. The van der Waals surface area contributed by atoms with E-state index in [0.29, 0.717) is 54.5 Å².